The van der Waals surface area contributed by atoms with Gasteiger partial charge in [0.15, 0.2) is 17.3 Å². The maximum absolute atomic E-state index is 4.86. The topological polar surface area (TPSA) is 305 Å². The van der Waals surface area contributed by atoms with Crippen LogP contribution in [0.25, 0.3) is 0 Å². The lowest BCUT2D eigenvalue weighted by atomic mass is 10.4. The van der Waals surface area contributed by atoms with E-state index in [9.17, 15) is 0 Å². The van der Waals surface area contributed by atoms with Crippen LogP contribution in [0.4, 0.5) is 0 Å². The van der Waals surface area contributed by atoms with Gasteiger partial charge in [0.1, 0.15) is 55.5 Å². The van der Waals surface area contributed by atoms with E-state index >= 15 is 0 Å². The molecule has 0 aliphatic heterocycles. The number of furan rings is 1. The summed E-state index contributed by atoms with van der Waals surface area (Å²) in [5.41, 5.74) is 6.65. The van der Waals surface area contributed by atoms with Crippen molar-refractivity contribution >= 4 is 34.2 Å². The van der Waals surface area contributed by atoms with Crippen molar-refractivity contribution in [2.45, 2.75) is 194 Å². The average molecular weight is 1330 g/mol. The summed E-state index contributed by atoms with van der Waals surface area (Å²) < 4.78 is 34.9. The SMILES string of the molecule is CC.CC.CC.CC.Cc1ccn(C)c1.Cc1ccn(C)n1.Cc1ccoc1.Cc1ccsc1.Cc1nc(C)n(C)n1.Cc1nnc(C)n1C.Cc1nnc(C)o1.Cc1nnc(C)s1.Cc1nnoc1C.Cc1nnoc1C.Cc1noc(C)n1.Cc1nsc(C)n1. The van der Waals surface area contributed by atoms with Gasteiger partial charge in [-0.15, -0.1) is 52.1 Å². The first-order valence-corrected chi connectivity index (χ1v) is 32.4. The molecule has 0 bridgehead atoms. The Hall–Kier alpha value is -8.57. The molecular formula is C63H107N21O5S3. The van der Waals surface area contributed by atoms with Crippen molar-refractivity contribution in [1.82, 2.24) is 105 Å². The highest BCUT2D eigenvalue weighted by Crippen LogP contribution is 2.05. The summed E-state index contributed by atoms with van der Waals surface area (Å²) in [5.74, 6) is 8.74. The largest absolute Gasteiger partial charge is 0.472 e. The van der Waals surface area contributed by atoms with E-state index in [1.165, 1.54) is 28.2 Å². The second-order valence-electron chi connectivity index (χ2n) is 18.0. The molecule has 12 aromatic heterocycles. The van der Waals surface area contributed by atoms with Crippen LogP contribution in [0.5, 0.6) is 0 Å². The second-order valence-corrected chi connectivity index (χ2v) is 21.1. The molecule has 0 atom stereocenters. The van der Waals surface area contributed by atoms with Gasteiger partial charge in [0.25, 0.3) is 0 Å². The minimum absolute atomic E-state index is 0.623. The number of aromatic nitrogens is 21. The smallest absolute Gasteiger partial charge is 0.223 e. The number of hydrogen-bond acceptors (Lipinski definition) is 25. The van der Waals surface area contributed by atoms with Crippen molar-refractivity contribution < 1.29 is 22.4 Å². The molecule has 0 saturated carbocycles. The van der Waals surface area contributed by atoms with Crippen LogP contribution in [-0.4, -0.2) is 105 Å². The van der Waals surface area contributed by atoms with Crippen molar-refractivity contribution in [2.24, 2.45) is 28.2 Å². The Morgan fingerprint density at radius 2 is 0.978 bits per heavy atom. The van der Waals surface area contributed by atoms with E-state index in [-0.39, 0.29) is 0 Å². The Morgan fingerprint density at radius 1 is 0.446 bits per heavy atom. The van der Waals surface area contributed by atoms with Crippen LogP contribution >= 0.6 is 34.2 Å². The van der Waals surface area contributed by atoms with Gasteiger partial charge in [0.05, 0.1) is 18.2 Å². The number of aryl methyl sites for hydroxylation is 23. The second kappa shape index (κ2) is 55.3. The minimum Gasteiger partial charge on any atom is -0.472 e. The fourth-order valence-electron chi connectivity index (χ4n) is 5.12. The predicted octanol–water partition coefficient (Wildman–Crippen LogP) is 15.7. The van der Waals surface area contributed by atoms with Crippen LogP contribution in [0.2, 0.25) is 0 Å². The Labute approximate surface area is 559 Å². The minimum atomic E-state index is 0.623. The highest BCUT2D eigenvalue weighted by atomic mass is 32.1. The van der Waals surface area contributed by atoms with Crippen molar-refractivity contribution in [3.63, 3.8) is 0 Å². The maximum atomic E-state index is 4.86. The third kappa shape index (κ3) is 48.3. The van der Waals surface area contributed by atoms with Gasteiger partial charge in [-0.1, -0.05) is 60.5 Å². The predicted molar refractivity (Wildman–Crippen MR) is 371 cm³/mol. The first-order valence-electron chi connectivity index (χ1n) is 29.8. The molecule has 0 saturated heterocycles. The summed E-state index contributed by atoms with van der Waals surface area (Å²) in [4.78, 5) is 11.9. The molecule has 0 N–H and O–H groups in total. The molecule has 0 fully saturated rings. The Morgan fingerprint density at radius 3 is 1.10 bits per heavy atom. The number of thiophene rings is 1. The van der Waals surface area contributed by atoms with E-state index in [0.717, 1.165) is 72.7 Å². The highest BCUT2D eigenvalue weighted by molar-refractivity contribution is 7.11. The molecule has 512 valence electrons. The third-order valence-electron chi connectivity index (χ3n) is 9.82. The fourth-order valence-corrected chi connectivity index (χ4v) is 6.85. The van der Waals surface area contributed by atoms with Crippen LogP contribution < -0.4 is 0 Å². The summed E-state index contributed by atoms with van der Waals surface area (Å²) >= 11 is 4.80. The summed E-state index contributed by atoms with van der Waals surface area (Å²) in [6.07, 6.45) is 9.42. The van der Waals surface area contributed by atoms with E-state index in [2.05, 4.69) is 143 Å². The van der Waals surface area contributed by atoms with E-state index < -0.39 is 0 Å². The zero-order valence-corrected chi connectivity index (χ0v) is 63.5. The first kappa shape index (κ1) is 89.9. The van der Waals surface area contributed by atoms with E-state index in [0.29, 0.717) is 23.5 Å². The summed E-state index contributed by atoms with van der Waals surface area (Å²) in [7, 11) is 7.76. The van der Waals surface area contributed by atoms with Crippen LogP contribution in [0, 0.1) is 138 Å². The van der Waals surface area contributed by atoms with Crippen molar-refractivity contribution in [3.05, 3.63) is 179 Å². The lowest BCUT2D eigenvalue weighted by molar-refractivity contribution is 0.373. The third-order valence-corrected chi connectivity index (χ3v) is 12.1. The number of hydrogen-bond donors (Lipinski definition) is 0. The summed E-state index contributed by atoms with van der Waals surface area (Å²) in [6.45, 7) is 54.0. The molecule has 0 amide bonds. The van der Waals surface area contributed by atoms with Crippen LogP contribution in [0.3, 0.4) is 0 Å². The van der Waals surface area contributed by atoms with Crippen LogP contribution in [0.1, 0.15) is 168 Å². The zero-order valence-electron chi connectivity index (χ0n) is 61.0. The molecule has 0 aromatic carbocycles. The molecule has 0 spiro atoms. The maximum Gasteiger partial charge on any atom is 0.223 e. The number of rotatable bonds is 0. The normalized spacial score (nSPS) is 8.87. The van der Waals surface area contributed by atoms with E-state index in [1.54, 1.807) is 72.3 Å². The molecule has 0 aliphatic carbocycles. The summed E-state index contributed by atoms with van der Waals surface area (Å²) in [6, 6.07) is 8.07. The van der Waals surface area contributed by atoms with Crippen LogP contribution in [0.15, 0.2) is 88.5 Å². The molecule has 29 heteroatoms. The van der Waals surface area contributed by atoms with Crippen molar-refractivity contribution in [3.8, 4) is 0 Å². The monoisotopic (exact) mass is 1330 g/mol. The van der Waals surface area contributed by atoms with Gasteiger partial charge < -0.3 is 31.5 Å². The van der Waals surface area contributed by atoms with E-state index in [4.69, 9.17) is 8.83 Å². The molecule has 0 aliphatic rings. The Kier molecular flexibility index (Phi) is 54.0. The fraction of sp³-hybridized carbons (Fsp3) is 0.508. The van der Waals surface area contributed by atoms with Crippen LogP contribution in [-0.2, 0) is 28.2 Å². The molecule has 92 heavy (non-hydrogen) atoms. The molecule has 0 unspecified atom stereocenters. The van der Waals surface area contributed by atoms with Gasteiger partial charge in [0, 0.05) is 78.1 Å². The van der Waals surface area contributed by atoms with Gasteiger partial charge in [-0.05, 0) is 181 Å². The molecular weight excluding hydrogens is 1230 g/mol. The lowest BCUT2D eigenvalue weighted by Crippen LogP contribution is -1.92. The van der Waals surface area contributed by atoms with Crippen molar-refractivity contribution in [1.29, 1.82) is 0 Å². The molecule has 26 nitrogen and oxygen atoms in total. The highest BCUT2D eigenvalue weighted by Gasteiger charge is 1.97. The molecule has 12 aromatic rings. The Bertz CT molecular complexity index is 2980. The molecule has 0 radical (unpaired) electrons. The van der Waals surface area contributed by atoms with Gasteiger partial charge in [-0.2, -0.15) is 30.9 Å². The zero-order chi connectivity index (χ0) is 71.3. The van der Waals surface area contributed by atoms with Gasteiger partial charge in [-0.3, -0.25) is 9.36 Å². The lowest BCUT2D eigenvalue weighted by Gasteiger charge is -1.90. The molecule has 12 heterocycles. The number of nitrogens with zero attached hydrogens (tertiary/aromatic N) is 21. The van der Waals surface area contributed by atoms with Gasteiger partial charge in [0.2, 0.25) is 17.7 Å². The standard InChI is InChI=1S/C6H9N.2C5H9N3.C5H8N2.C5H6O.C5H6S.4C4H6N2O.2C4H6N2S.4C2H6/c1-6-3-4-7(2)5-6;1-4-6-7-5(2)8(4)3;1-4-6-5(2)8(3)7-4;1-5-3-4-7(2)6-5;2*1-5-2-3-6-4-5;1-3-5-6-4(2)7-3;1-3-5-4(2)7-6-3;2*1-3-4(2)7-6-5-3;1-3-5-6-4(2)7-3;1-3-5-4(2)7-6-3;4*1-2/h3-5H,1-2H3;2*1-3H3;3-4H,1-2H3;2*2-4H,1H3;6*1-2H3;4*1-2H3. The van der Waals surface area contributed by atoms with Gasteiger partial charge >= 0.3 is 0 Å². The average Bonchev–Trinajstić information content (AvgIpc) is 3.46. The Balaban J connectivity index is -0.000000455. The first-order chi connectivity index (χ1) is 43.5. The molecule has 12 rings (SSSR count). The quantitative estimate of drug-likeness (QED) is 0.136. The van der Waals surface area contributed by atoms with Gasteiger partial charge in [-0.25, -0.2) is 9.97 Å². The summed E-state index contributed by atoms with van der Waals surface area (Å²) in [5, 5.41) is 55.1. The van der Waals surface area contributed by atoms with Crippen molar-refractivity contribution in [2.75, 3.05) is 0 Å². The van der Waals surface area contributed by atoms with E-state index in [1.807, 2.05) is 214 Å².